The standard InChI is InChI=1S/C22H20N2O3/c1-15-16(2)27-21(23-15)14-26-22(25)13-24-19-11-7-6-10-18(19)12-20(24)17-8-4-3-5-9-17/h3-12H,13-14H2,1-2H3. The Hall–Kier alpha value is -3.34. The number of para-hydroxylation sites is 1. The minimum Gasteiger partial charge on any atom is -0.454 e. The number of carbonyl (C=O) groups is 1. The van der Waals surface area contributed by atoms with E-state index < -0.39 is 0 Å². The lowest BCUT2D eigenvalue weighted by atomic mass is 10.1. The largest absolute Gasteiger partial charge is 0.454 e. The van der Waals surface area contributed by atoms with Crippen molar-refractivity contribution in [2.45, 2.75) is 27.0 Å². The normalized spacial score (nSPS) is 11.0. The summed E-state index contributed by atoms with van der Waals surface area (Å²) in [5.41, 5.74) is 3.84. The van der Waals surface area contributed by atoms with Crippen LogP contribution in [0.4, 0.5) is 0 Å². The molecule has 0 aliphatic carbocycles. The molecule has 0 saturated heterocycles. The molecule has 0 radical (unpaired) electrons. The van der Waals surface area contributed by atoms with E-state index in [-0.39, 0.29) is 19.1 Å². The number of fused-ring (bicyclic) bond motifs is 1. The second-order valence-corrected chi connectivity index (χ2v) is 6.45. The van der Waals surface area contributed by atoms with E-state index in [1.807, 2.05) is 73.0 Å². The maximum Gasteiger partial charge on any atom is 0.326 e. The predicted molar refractivity (Wildman–Crippen MR) is 103 cm³/mol. The van der Waals surface area contributed by atoms with Gasteiger partial charge in [-0.1, -0.05) is 48.5 Å². The number of hydrogen-bond donors (Lipinski definition) is 0. The summed E-state index contributed by atoms with van der Waals surface area (Å²) in [7, 11) is 0. The predicted octanol–water partition coefficient (Wildman–Crippen LogP) is 4.66. The number of carbonyl (C=O) groups excluding carboxylic acids is 1. The molecular weight excluding hydrogens is 340 g/mol. The molecular formula is C22H20N2O3. The second-order valence-electron chi connectivity index (χ2n) is 6.45. The number of ether oxygens (including phenoxy) is 1. The van der Waals surface area contributed by atoms with Gasteiger partial charge in [0, 0.05) is 16.6 Å². The van der Waals surface area contributed by atoms with E-state index in [1.54, 1.807) is 0 Å². The van der Waals surface area contributed by atoms with Crippen molar-refractivity contribution >= 4 is 16.9 Å². The molecule has 0 aliphatic rings. The average molecular weight is 360 g/mol. The van der Waals surface area contributed by atoms with E-state index in [0.29, 0.717) is 5.89 Å². The number of oxazole rings is 1. The molecule has 4 rings (SSSR count). The molecule has 2 aromatic heterocycles. The fraction of sp³-hybridized carbons (Fsp3) is 0.182. The van der Waals surface area contributed by atoms with Crippen molar-refractivity contribution in [3.8, 4) is 11.3 Å². The van der Waals surface area contributed by atoms with E-state index in [0.717, 1.165) is 33.6 Å². The van der Waals surface area contributed by atoms with Crippen LogP contribution >= 0.6 is 0 Å². The molecule has 0 amide bonds. The van der Waals surface area contributed by atoms with Crippen molar-refractivity contribution in [2.24, 2.45) is 0 Å². The third-order valence-corrected chi connectivity index (χ3v) is 4.60. The minimum absolute atomic E-state index is 0.0351. The Kier molecular flexibility index (Phi) is 4.50. The lowest BCUT2D eigenvalue weighted by Crippen LogP contribution is -2.14. The van der Waals surface area contributed by atoms with Crippen LogP contribution in [0.25, 0.3) is 22.2 Å². The van der Waals surface area contributed by atoms with Crippen molar-refractivity contribution in [3.63, 3.8) is 0 Å². The first-order valence-corrected chi connectivity index (χ1v) is 8.84. The number of hydrogen-bond acceptors (Lipinski definition) is 4. The lowest BCUT2D eigenvalue weighted by molar-refractivity contribution is -0.146. The Morgan fingerprint density at radius 3 is 2.56 bits per heavy atom. The van der Waals surface area contributed by atoms with Gasteiger partial charge in [-0.2, -0.15) is 0 Å². The fourth-order valence-corrected chi connectivity index (χ4v) is 3.15. The van der Waals surface area contributed by atoms with Gasteiger partial charge in [0.2, 0.25) is 5.89 Å². The number of aryl methyl sites for hydroxylation is 2. The molecule has 27 heavy (non-hydrogen) atoms. The van der Waals surface area contributed by atoms with E-state index in [4.69, 9.17) is 9.15 Å². The van der Waals surface area contributed by atoms with Crippen LogP contribution in [-0.2, 0) is 22.7 Å². The molecule has 0 bridgehead atoms. The van der Waals surface area contributed by atoms with Gasteiger partial charge in [-0.15, -0.1) is 0 Å². The van der Waals surface area contributed by atoms with Crippen molar-refractivity contribution in [2.75, 3.05) is 0 Å². The highest BCUT2D eigenvalue weighted by molar-refractivity contribution is 5.88. The van der Waals surface area contributed by atoms with Gasteiger partial charge in [0.1, 0.15) is 12.3 Å². The summed E-state index contributed by atoms with van der Waals surface area (Å²) in [6.45, 7) is 3.86. The minimum atomic E-state index is -0.331. The monoisotopic (exact) mass is 360 g/mol. The van der Waals surface area contributed by atoms with Crippen LogP contribution < -0.4 is 0 Å². The molecule has 136 valence electrons. The molecule has 0 N–H and O–H groups in total. The summed E-state index contributed by atoms with van der Waals surface area (Å²) in [6.07, 6.45) is 0. The van der Waals surface area contributed by atoms with Gasteiger partial charge in [-0.05, 0) is 31.5 Å². The zero-order valence-electron chi connectivity index (χ0n) is 15.3. The molecule has 0 unspecified atom stereocenters. The maximum atomic E-state index is 12.5. The number of esters is 1. The van der Waals surface area contributed by atoms with Gasteiger partial charge in [-0.25, -0.2) is 4.98 Å². The van der Waals surface area contributed by atoms with Crippen molar-refractivity contribution in [1.29, 1.82) is 0 Å². The Labute approximate surface area is 157 Å². The van der Waals surface area contributed by atoms with Gasteiger partial charge in [-0.3, -0.25) is 4.79 Å². The third-order valence-electron chi connectivity index (χ3n) is 4.60. The van der Waals surface area contributed by atoms with Crippen LogP contribution in [0, 0.1) is 13.8 Å². The van der Waals surface area contributed by atoms with Gasteiger partial charge in [0.05, 0.1) is 5.69 Å². The number of rotatable bonds is 5. The number of nitrogens with zero attached hydrogens (tertiary/aromatic N) is 2. The summed E-state index contributed by atoms with van der Waals surface area (Å²) < 4.78 is 12.8. The van der Waals surface area contributed by atoms with Crippen LogP contribution in [0.2, 0.25) is 0 Å². The number of aromatic nitrogens is 2. The van der Waals surface area contributed by atoms with Crippen LogP contribution in [-0.4, -0.2) is 15.5 Å². The Morgan fingerprint density at radius 2 is 1.81 bits per heavy atom. The molecule has 2 aromatic carbocycles. The summed E-state index contributed by atoms with van der Waals surface area (Å²) in [6, 6.07) is 20.1. The van der Waals surface area contributed by atoms with Crippen LogP contribution in [0.3, 0.4) is 0 Å². The van der Waals surface area contributed by atoms with Crippen LogP contribution in [0.15, 0.2) is 65.1 Å². The molecule has 4 aromatic rings. The maximum absolute atomic E-state index is 12.5. The molecule has 5 nitrogen and oxygen atoms in total. The van der Waals surface area contributed by atoms with Crippen molar-refractivity contribution < 1.29 is 13.9 Å². The smallest absolute Gasteiger partial charge is 0.326 e. The molecule has 0 atom stereocenters. The Balaban J connectivity index is 1.59. The first-order valence-electron chi connectivity index (χ1n) is 8.84. The quantitative estimate of drug-likeness (QED) is 0.486. The van der Waals surface area contributed by atoms with E-state index in [1.165, 1.54) is 0 Å². The fourth-order valence-electron chi connectivity index (χ4n) is 3.15. The Bertz CT molecular complexity index is 1070. The molecule has 5 heteroatoms. The van der Waals surface area contributed by atoms with Crippen molar-refractivity contribution in [1.82, 2.24) is 9.55 Å². The summed E-state index contributed by atoms with van der Waals surface area (Å²) in [5.74, 6) is 0.824. The Morgan fingerprint density at radius 1 is 1.07 bits per heavy atom. The zero-order valence-corrected chi connectivity index (χ0v) is 15.3. The van der Waals surface area contributed by atoms with E-state index in [2.05, 4.69) is 11.1 Å². The van der Waals surface area contributed by atoms with Crippen LogP contribution in [0.1, 0.15) is 17.3 Å². The van der Waals surface area contributed by atoms with Gasteiger partial charge in [0.25, 0.3) is 0 Å². The summed E-state index contributed by atoms with van der Waals surface area (Å²) in [5, 5.41) is 1.09. The van der Waals surface area contributed by atoms with E-state index in [9.17, 15) is 4.79 Å². The third kappa shape index (κ3) is 3.49. The molecule has 0 spiro atoms. The van der Waals surface area contributed by atoms with Crippen LogP contribution in [0.5, 0.6) is 0 Å². The van der Waals surface area contributed by atoms with Gasteiger partial charge >= 0.3 is 5.97 Å². The lowest BCUT2D eigenvalue weighted by Gasteiger charge is -2.10. The molecule has 2 heterocycles. The average Bonchev–Trinajstić information content (AvgIpc) is 3.21. The summed E-state index contributed by atoms with van der Waals surface area (Å²) >= 11 is 0. The summed E-state index contributed by atoms with van der Waals surface area (Å²) in [4.78, 5) is 16.7. The van der Waals surface area contributed by atoms with Crippen molar-refractivity contribution in [3.05, 3.63) is 78.0 Å². The number of benzene rings is 2. The highest BCUT2D eigenvalue weighted by Gasteiger charge is 2.15. The first kappa shape index (κ1) is 17.1. The second kappa shape index (κ2) is 7.11. The highest BCUT2D eigenvalue weighted by atomic mass is 16.5. The SMILES string of the molecule is Cc1nc(COC(=O)Cn2c(-c3ccccc3)cc3ccccc32)oc1C. The van der Waals surface area contributed by atoms with Gasteiger partial charge in [0.15, 0.2) is 6.61 Å². The van der Waals surface area contributed by atoms with Gasteiger partial charge < -0.3 is 13.7 Å². The molecule has 0 saturated carbocycles. The topological polar surface area (TPSA) is 57.3 Å². The first-order chi connectivity index (χ1) is 13.1. The molecule has 0 aliphatic heterocycles. The zero-order chi connectivity index (χ0) is 18.8. The highest BCUT2D eigenvalue weighted by Crippen LogP contribution is 2.28. The van der Waals surface area contributed by atoms with E-state index >= 15 is 0 Å². The molecule has 0 fully saturated rings.